The standard InChI is InChI=1S/C10H14N4O3/c1-17-7-4-5-13(6-7)9-3-2-8(14(15)16)10(11)12-9/h2-3,7H,4-6H2,1H3,(H2,11,12). The lowest BCUT2D eigenvalue weighted by Gasteiger charge is -2.17. The first-order valence-corrected chi connectivity index (χ1v) is 5.30. The maximum atomic E-state index is 10.6. The van der Waals surface area contributed by atoms with Crippen LogP contribution in [0.15, 0.2) is 12.1 Å². The zero-order valence-corrected chi connectivity index (χ0v) is 9.50. The summed E-state index contributed by atoms with van der Waals surface area (Å²) in [7, 11) is 1.67. The Morgan fingerprint density at radius 2 is 2.41 bits per heavy atom. The number of ether oxygens (including phenoxy) is 1. The van der Waals surface area contributed by atoms with Gasteiger partial charge in [-0.25, -0.2) is 4.98 Å². The average molecular weight is 238 g/mol. The molecule has 0 bridgehead atoms. The van der Waals surface area contributed by atoms with Crippen molar-refractivity contribution in [1.82, 2.24) is 4.98 Å². The second kappa shape index (κ2) is 4.54. The van der Waals surface area contributed by atoms with Crippen LogP contribution in [0.3, 0.4) is 0 Å². The van der Waals surface area contributed by atoms with Crippen LogP contribution in [0.25, 0.3) is 0 Å². The normalized spacial score (nSPS) is 19.6. The molecule has 2 heterocycles. The Kier molecular flexibility index (Phi) is 3.10. The van der Waals surface area contributed by atoms with Gasteiger partial charge in [0.15, 0.2) is 0 Å². The number of rotatable bonds is 3. The largest absolute Gasteiger partial charge is 0.380 e. The number of aromatic nitrogens is 1. The van der Waals surface area contributed by atoms with E-state index >= 15 is 0 Å². The van der Waals surface area contributed by atoms with E-state index in [-0.39, 0.29) is 17.6 Å². The average Bonchev–Trinajstić information content (AvgIpc) is 2.76. The van der Waals surface area contributed by atoms with Gasteiger partial charge in [0, 0.05) is 26.3 Å². The van der Waals surface area contributed by atoms with E-state index in [1.54, 1.807) is 13.2 Å². The number of anilines is 2. The monoisotopic (exact) mass is 238 g/mol. The molecule has 1 aromatic rings. The van der Waals surface area contributed by atoms with Crippen molar-refractivity contribution in [2.24, 2.45) is 0 Å². The predicted molar refractivity (Wildman–Crippen MR) is 62.9 cm³/mol. The first-order chi connectivity index (χ1) is 8.11. The molecule has 1 aromatic heterocycles. The molecule has 1 aliphatic rings. The summed E-state index contributed by atoms with van der Waals surface area (Å²) in [5.74, 6) is 0.612. The highest BCUT2D eigenvalue weighted by Crippen LogP contribution is 2.25. The summed E-state index contributed by atoms with van der Waals surface area (Å²) < 4.78 is 5.25. The van der Waals surface area contributed by atoms with Gasteiger partial charge in [-0.1, -0.05) is 0 Å². The van der Waals surface area contributed by atoms with E-state index in [4.69, 9.17) is 10.5 Å². The summed E-state index contributed by atoms with van der Waals surface area (Å²) in [6.07, 6.45) is 1.11. The summed E-state index contributed by atoms with van der Waals surface area (Å²) in [6, 6.07) is 3.00. The van der Waals surface area contributed by atoms with Gasteiger partial charge in [-0.3, -0.25) is 10.1 Å². The van der Waals surface area contributed by atoms with Gasteiger partial charge < -0.3 is 15.4 Å². The van der Waals surface area contributed by atoms with Crippen molar-refractivity contribution in [3.05, 3.63) is 22.2 Å². The highest BCUT2D eigenvalue weighted by atomic mass is 16.6. The SMILES string of the molecule is COC1CCN(c2ccc([N+](=O)[O-])c(N)n2)C1. The Morgan fingerprint density at radius 1 is 1.65 bits per heavy atom. The lowest BCUT2D eigenvalue weighted by molar-refractivity contribution is -0.384. The lowest BCUT2D eigenvalue weighted by atomic mass is 10.3. The summed E-state index contributed by atoms with van der Waals surface area (Å²) in [5, 5.41) is 10.6. The van der Waals surface area contributed by atoms with Crippen LogP contribution in [0.1, 0.15) is 6.42 Å². The highest BCUT2D eigenvalue weighted by molar-refractivity contribution is 5.58. The second-order valence-electron chi connectivity index (χ2n) is 3.92. The van der Waals surface area contributed by atoms with Gasteiger partial charge in [0.1, 0.15) is 5.82 Å². The van der Waals surface area contributed by atoms with Crippen molar-refractivity contribution >= 4 is 17.3 Å². The van der Waals surface area contributed by atoms with Crippen LogP contribution in [-0.2, 0) is 4.74 Å². The van der Waals surface area contributed by atoms with E-state index in [9.17, 15) is 10.1 Å². The Bertz CT molecular complexity index is 438. The number of hydrogen-bond donors (Lipinski definition) is 1. The molecule has 0 aliphatic carbocycles. The first-order valence-electron chi connectivity index (χ1n) is 5.30. The molecular weight excluding hydrogens is 224 g/mol. The van der Waals surface area contributed by atoms with Gasteiger partial charge in [0.2, 0.25) is 5.82 Å². The van der Waals surface area contributed by atoms with Gasteiger partial charge >= 0.3 is 5.69 Å². The van der Waals surface area contributed by atoms with Gasteiger partial charge in [0.05, 0.1) is 11.0 Å². The van der Waals surface area contributed by atoms with Gasteiger partial charge in [-0.05, 0) is 12.5 Å². The number of nitrogens with zero attached hydrogens (tertiary/aromatic N) is 3. The van der Waals surface area contributed by atoms with E-state index in [0.717, 1.165) is 19.5 Å². The quantitative estimate of drug-likeness (QED) is 0.618. The van der Waals surface area contributed by atoms with Crippen molar-refractivity contribution in [3.63, 3.8) is 0 Å². The van der Waals surface area contributed by atoms with Crippen molar-refractivity contribution in [2.75, 3.05) is 30.8 Å². The molecular formula is C10H14N4O3. The molecule has 1 saturated heterocycles. The van der Waals surface area contributed by atoms with Crippen LogP contribution < -0.4 is 10.6 Å². The van der Waals surface area contributed by atoms with Crippen LogP contribution in [-0.4, -0.2) is 36.2 Å². The number of methoxy groups -OCH3 is 1. The third kappa shape index (κ3) is 2.28. The zero-order chi connectivity index (χ0) is 12.4. The second-order valence-corrected chi connectivity index (χ2v) is 3.92. The van der Waals surface area contributed by atoms with Crippen LogP contribution in [0.2, 0.25) is 0 Å². The summed E-state index contributed by atoms with van der Waals surface area (Å²) in [4.78, 5) is 16.1. The number of nitro groups is 1. The van der Waals surface area contributed by atoms with Crippen molar-refractivity contribution in [3.8, 4) is 0 Å². The predicted octanol–water partition coefficient (Wildman–Crippen LogP) is 0.797. The van der Waals surface area contributed by atoms with E-state index in [1.165, 1.54) is 6.07 Å². The van der Waals surface area contributed by atoms with E-state index < -0.39 is 4.92 Å². The van der Waals surface area contributed by atoms with Crippen molar-refractivity contribution in [1.29, 1.82) is 0 Å². The van der Waals surface area contributed by atoms with Gasteiger partial charge in [0.25, 0.3) is 0 Å². The number of pyridine rings is 1. The molecule has 1 atom stereocenters. The number of nitrogen functional groups attached to an aromatic ring is 1. The smallest absolute Gasteiger partial charge is 0.311 e. The first kappa shape index (κ1) is 11.6. The molecule has 7 heteroatoms. The van der Waals surface area contributed by atoms with Crippen molar-refractivity contribution < 1.29 is 9.66 Å². The third-order valence-electron chi connectivity index (χ3n) is 2.89. The molecule has 2 N–H and O–H groups in total. The lowest BCUT2D eigenvalue weighted by Crippen LogP contribution is -2.23. The molecule has 0 amide bonds. The summed E-state index contributed by atoms with van der Waals surface area (Å²) in [5.41, 5.74) is 5.39. The molecule has 1 unspecified atom stereocenters. The minimum Gasteiger partial charge on any atom is -0.380 e. The molecule has 0 spiro atoms. The minimum absolute atomic E-state index is 0.0478. The fraction of sp³-hybridized carbons (Fsp3) is 0.500. The zero-order valence-electron chi connectivity index (χ0n) is 9.50. The highest BCUT2D eigenvalue weighted by Gasteiger charge is 2.24. The molecule has 7 nitrogen and oxygen atoms in total. The summed E-state index contributed by atoms with van der Waals surface area (Å²) in [6.45, 7) is 1.56. The number of hydrogen-bond acceptors (Lipinski definition) is 6. The van der Waals surface area contributed by atoms with Crippen LogP contribution in [0.4, 0.5) is 17.3 Å². The minimum atomic E-state index is -0.534. The Balaban J connectivity index is 2.18. The topological polar surface area (TPSA) is 94.5 Å². The van der Waals surface area contributed by atoms with E-state index in [0.29, 0.717) is 5.82 Å². The Hall–Kier alpha value is -1.89. The van der Waals surface area contributed by atoms with Gasteiger partial charge in [-0.15, -0.1) is 0 Å². The molecule has 0 saturated carbocycles. The number of nitrogens with two attached hydrogens (primary N) is 1. The molecule has 92 valence electrons. The molecule has 0 radical (unpaired) electrons. The fourth-order valence-corrected chi connectivity index (χ4v) is 1.92. The molecule has 1 fully saturated rings. The summed E-state index contributed by atoms with van der Waals surface area (Å²) >= 11 is 0. The Labute approximate surface area is 98.3 Å². The maximum Gasteiger partial charge on any atom is 0.311 e. The fourth-order valence-electron chi connectivity index (χ4n) is 1.92. The molecule has 1 aliphatic heterocycles. The maximum absolute atomic E-state index is 10.6. The van der Waals surface area contributed by atoms with Gasteiger partial charge in [-0.2, -0.15) is 0 Å². The van der Waals surface area contributed by atoms with E-state index in [1.807, 2.05) is 4.90 Å². The molecule has 17 heavy (non-hydrogen) atoms. The van der Waals surface area contributed by atoms with Crippen molar-refractivity contribution in [2.45, 2.75) is 12.5 Å². The van der Waals surface area contributed by atoms with Crippen LogP contribution in [0, 0.1) is 10.1 Å². The molecule has 2 rings (SSSR count). The van der Waals surface area contributed by atoms with Crippen LogP contribution in [0.5, 0.6) is 0 Å². The molecule has 0 aromatic carbocycles. The van der Waals surface area contributed by atoms with Crippen LogP contribution >= 0.6 is 0 Å². The third-order valence-corrected chi connectivity index (χ3v) is 2.89. The Morgan fingerprint density at radius 3 is 2.94 bits per heavy atom. The van der Waals surface area contributed by atoms with E-state index in [2.05, 4.69) is 4.98 Å².